The van der Waals surface area contributed by atoms with Crippen molar-refractivity contribution in [2.75, 3.05) is 0 Å². The van der Waals surface area contributed by atoms with E-state index < -0.39 is 0 Å². The molecule has 1 aromatic carbocycles. The number of halogens is 1. The smallest absolute Gasteiger partial charge is 0.217 e. The van der Waals surface area contributed by atoms with E-state index in [4.69, 9.17) is 0 Å². The molecule has 0 heterocycles. The molecule has 0 spiro atoms. The summed E-state index contributed by atoms with van der Waals surface area (Å²) in [4.78, 5) is 23.0. The largest absolute Gasteiger partial charge is 0.346 e. The highest BCUT2D eigenvalue weighted by atomic mass is 79.9. The predicted octanol–water partition coefficient (Wildman–Crippen LogP) is 2.08. The molecule has 1 aliphatic carbocycles. The van der Waals surface area contributed by atoms with Crippen molar-refractivity contribution in [2.45, 2.75) is 25.8 Å². The second-order valence-corrected chi connectivity index (χ2v) is 4.78. The van der Waals surface area contributed by atoms with Crippen LogP contribution in [0.15, 0.2) is 22.7 Å². The molecule has 1 atom stereocenters. The number of ketones is 1. The van der Waals surface area contributed by atoms with Crippen LogP contribution in [0, 0.1) is 0 Å². The fraction of sp³-hybridized carbons (Fsp3) is 0.333. The highest BCUT2D eigenvalue weighted by Gasteiger charge is 2.28. The van der Waals surface area contributed by atoms with Gasteiger partial charge in [-0.15, -0.1) is 0 Å². The zero-order chi connectivity index (χ0) is 11.7. The quantitative estimate of drug-likeness (QED) is 0.857. The summed E-state index contributed by atoms with van der Waals surface area (Å²) in [7, 11) is 0. The molecule has 0 bridgehead atoms. The van der Waals surface area contributed by atoms with Crippen molar-refractivity contribution in [2.24, 2.45) is 0 Å². The standard InChI is InChI=1S/C12H12BrNO2/c1-7(15)14-11-6-5-8-9(12(11)16)3-2-4-10(8)13/h2-4,11H,5-6H2,1H3,(H,14,15). The molecule has 84 valence electrons. The van der Waals surface area contributed by atoms with Crippen LogP contribution in [0.5, 0.6) is 0 Å². The average molecular weight is 282 g/mol. The lowest BCUT2D eigenvalue weighted by molar-refractivity contribution is -0.119. The minimum Gasteiger partial charge on any atom is -0.346 e. The van der Waals surface area contributed by atoms with Gasteiger partial charge in [-0.2, -0.15) is 0 Å². The Morgan fingerprint density at radius 2 is 2.25 bits per heavy atom. The normalized spacial score (nSPS) is 19.1. The summed E-state index contributed by atoms with van der Waals surface area (Å²) in [5.41, 5.74) is 1.77. The first kappa shape index (κ1) is 11.3. The Kier molecular flexibility index (Phi) is 3.10. The Hall–Kier alpha value is -1.16. The van der Waals surface area contributed by atoms with E-state index in [0.717, 1.165) is 22.0 Å². The molecule has 0 saturated heterocycles. The van der Waals surface area contributed by atoms with E-state index >= 15 is 0 Å². The van der Waals surface area contributed by atoms with Crippen molar-refractivity contribution in [1.82, 2.24) is 5.32 Å². The number of hydrogen-bond acceptors (Lipinski definition) is 2. The zero-order valence-electron chi connectivity index (χ0n) is 8.92. The van der Waals surface area contributed by atoms with Gasteiger partial charge in [0.15, 0.2) is 5.78 Å². The fourth-order valence-corrected chi connectivity index (χ4v) is 2.60. The molecule has 3 nitrogen and oxygen atoms in total. The third-order valence-corrected chi connectivity index (χ3v) is 3.50. The molecule has 1 amide bonds. The van der Waals surface area contributed by atoms with E-state index in [0.29, 0.717) is 6.42 Å². The number of amides is 1. The van der Waals surface area contributed by atoms with Gasteiger partial charge in [-0.25, -0.2) is 0 Å². The number of nitrogens with one attached hydrogen (secondary N) is 1. The van der Waals surface area contributed by atoms with Crippen molar-refractivity contribution in [1.29, 1.82) is 0 Å². The first-order valence-corrected chi connectivity index (χ1v) is 5.97. The lowest BCUT2D eigenvalue weighted by Crippen LogP contribution is -2.42. The summed E-state index contributed by atoms with van der Waals surface area (Å²) in [6.07, 6.45) is 1.49. The monoisotopic (exact) mass is 281 g/mol. The molecular formula is C12H12BrNO2. The van der Waals surface area contributed by atoms with Gasteiger partial charge in [0.05, 0.1) is 6.04 Å². The highest BCUT2D eigenvalue weighted by molar-refractivity contribution is 9.10. The fourth-order valence-electron chi connectivity index (χ4n) is 2.03. The summed E-state index contributed by atoms with van der Waals surface area (Å²) in [5, 5.41) is 2.69. The van der Waals surface area contributed by atoms with Crippen LogP contribution in [0.3, 0.4) is 0 Å². The highest BCUT2D eigenvalue weighted by Crippen LogP contribution is 2.28. The van der Waals surface area contributed by atoms with E-state index in [-0.39, 0.29) is 17.7 Å². The summed E-state index contributed by atoms with van der Waals surface area (Å²) in [6, 6.07) is 5.23. The van der Waals surface area contributed by atoms with Crippen LogP contribution in [0.1, 0.15) is 29.3 Å². The van der Waals surface area contributed by atoms with Crippen LogP contribution in [0.2, 0.25) is 0 Å². The van der Waals surface area contributed by atoms with Crippen LogP contribution < -0.4 is 5.32 Å². The third-order valence-electron chi connectivity index (χ3n) is 2.76. The Morgan fingerprint density at radius 3 is 2.94 bits per heavy atom. The molecule has 1 unspecified atom stereocenters. The van der Waals surface area contributed by atoms with Crippen LogP contribution in [-0.4, -0.2) is 17.7 Å². The molecule has 4 heteroatoms. The van der Waals surface area contributed by atoms with Gasteiger partial charge in [0, 0.05) is 17.0 Å². The molecule has 2 rings (SSSR count). The van der Waals surface area contributed by atoms with E-state index in [2.05, 4.69) is 21.2 Å². The number of hydrogen-bond donors (Lipinski definition) is 1. The van der Waals surface area contributed by atoms with Gasteiger partial charge in [-0.1, -0.05) is 28.1 Å². The lowest BCUT2D eigenvalue weighted by atomic mass is 9.87. The first-order chi connectivity index (χ1) is 7.59. The van der Waals surface area contributed by atoms with Crippen molar-refractivity contribution < 1.29 is 9.59 Å². The predicted molar refractivity (Wildman–Crippen MR) is 64.4 cm³/mol. The average Bonchev–Trinajstić information content (AvgIpc) is 2.23. The molecule has 16 heavy (non-hydrogen) atoms. The van der Waals surface area contributed by atoms with E-state index in [1.165, 1.54) is 6.92 Å². The summed E-state index contributed by atoms with van der Waals surface area (Å²) in [5.74, 6) is -0.144. The van der Waals surface area contributed by atoms with Gasteiger partial charge in [-0.3, -0.25) is 9.59 Å². The van der Waals surface area contributed by atoms with Gasteiger partial charge in [0.2, 0.25) is 5.91 Å². The number of carbonyl (C=O) groups excluding carboxylic acids is 2. The van der Waals surface area contributed by atoms with Gasteiger partial charge >= 0.3 is 0 Å². The Bertz CT molecular complexity index is 456. The minimum absolute atomic E-state index is 0.0118. The van der Waals surface area contributed by atoms with Gasteiger partial charge < -0.3 is 5.32 Å². The van der Waals surface area contributed by atoms with Crippen LogP contribution >= 0.6 is 15.9 Å². The van der Waals surface area contributed by atoms with Gasteiger partial charge in [-0.05, 0) is 24.5 Å². The second-order valence-electron chi connectivity index (χ2n) is 3.92. The van der Waals surface area contributed by atoms with Gasteiger partial charge in [0.1, 0.15) is 0 Å². The molecule has 1 aromatic rings. The number of carbonyl (C=O) groups is 2. The summed E-state index contributed by atoms with van der Waals surface area (Å²) >= 11 is 3.44. The maximum Gasteiger partial charge on any atom is 0.217 e. The first-order valence-electron chi connectivity index (χ1n) is 5.18. The molecule has 1 N–H and O–H groups in total. The topological polar surface area (TPSA) is 46.2 Å². The van der Waals surface area contributed by atoms with Crippen LogP contribution in [0.4, 0.5) is 0 Å². The van der Waals surface area contributed by atoms with E-state index in [1.54, 1.807) is 0 Å². The third kappa shape index (κ3) is 2.02. The van der Waals surface area contributed by atoms with Crippen molar-refractivity contribution in [3.63, 3.8) is 0 Å². The van der Waals surface area contributed by atoms with Crippen molar-refractivity contribution >= 4 is 27.6 Å². The number of benzene rings is 1. The molecule has 0 radical (unpaired) electrons. The molecular weight excluding hydrogens is 270 g/mol. The minimum atomic E-state index is -0.362. The lowest BCUT2D eigenvalue weighted by Gasteiger charge is -2.24. The zero-order valence-corrected chi connectivity index (χ0v) is 10.5. The van der Waals surface area contributed by atoms with E-state index in [9.17, 15) is 9.59 Å². The Balaban J connectivity index is 2.32. The molecule has 0 aromatic heterocycles. The number of Topliss-reactive ketones (excluding diaryl/α,β-unsaturated/α-hetero) is 1. The maximum absolute atomic E-state index is 12.1. The number of rotatable bonds is 1. The summed E-state index contributed by atoms with van der Waals surface area (Å²) < 4.78 is 0.972. The van der Waals surface area contributed by atoms with Crippen molar-refractivity contribution in [3.05, 3.63) is 33.8 Å². The summed E-state index contributed by atoms with van der Waals surface area (Å²) in [6.45, 7) is 1.43. The van der Waals surface area contributed by atoms with Crippen molar-refractivity contribution in [3.8, 4) is 0 Å². The maximum atomic E-state index is 12.1. The second kappa shape index (κ2) is 4.37. The molecule has 0 saturated carbocycles. The molecule has 0 aliphatic heterocycles. The van der Waals surface area contributed by atoms with E-state index in [1.807, 2.05) is 18.2 Å². The SMILES string of the molecule is CC(=O)NC1CCc2c(Br)cccc2C1=O. The Labute approximate surface area is 102 Å². The Morgan fingerprint density at radius 1 is 1.50 bits per heavy atom. The number of fused-ring (bicyclic) bond motifs is 1. The van der Waals surface area contributed by atoms with Crippen LogP contribution in [-0.2, 0) is 11.2 Å². The van der Waals surface area contributed by atoms with Crippen LogP contribution in [0.25, 0.3) is 0 Å². The molecule has 0 fully saturated rings. The van der Waals surface area contributed by atoms with Gasteiger partial charge in [0.25, 0.3) is 0 Å². The molecule has 1 aliphatic rings.